The molecule has 0 amide bonds. The van der Waals surface area contributed by atoms with Gasteiger partial charge in [-0.3, -0.25) is 0 Å². The van der Waals surface area contributed by atoms with Gasteiger partial charge in [-0.2, -0.15) is 0 Å². The Bertz CT molecular complexity index is 313. The first-order valence-corrected chi connectivity index (χ1v) is 4.26. The highest BCUT2D eigenvalue weighted by molar-refractivity contribution is 6.30. The molecule has 4 heteroatoms. The number of benzene rings is 1. The number of methoxy groups -OCH3 is 1. The smallest absolute Gasteiger partial charge is 0.162 e. The normalized spacial score (nSPS) is 12.6. The maximum absolute atomic E-state index is 9.62. The summed E-state index contributed by atoms with van der Waals surface area (Å²) >= 11 is 5.80. The van der Waals surface area contributed by atoms with Crippen LogP contribution < -0.4 is 10.5 Å². The van der Waals surface area contributed by atoms with Crippen LogP contribution in [0.5, 0.6) is 11.5 Å². The molecule has 0 aliphatic heterocycles. The van der Waals surface area contributed by atoms with E-state index in [9.17, 15) is 5.11 Å². The lowest BCUT2D eigenvalue weighted by molar-refractivity contribution is 0.369. The number of aromatic hydroxyl groups is 1. The Morgan fingerprint density at radius 3 is 2.62 bits per heavy atom. The van der Waals surface area contributed by atoms with Crippen LogP contribution in [0.1, 0.15) is 18.5 Å². The van der Waals surface area contributed by atoms with E-state index in [0.29, 0.717) is 16.3 Å². The number of nitrogens with two attached hydrogens (primary N) is 1. The van der Waals surface area contributed by atoms with Crippen LogP contribution in [0.2, 0.25) is 5.02 Å². The van der Waals surface area contributed by atoms with Crippen LogP contribution >= 0.6 is 11.6 Å². The zero-order valence-corrected chi connectivity index (χ0v) is 8.30. The molecule has 0 aliphatic rings. The number of hydrogen-bond acceptors (Lipinski definition) is 3. The average Bonchev–Trinajstić information content (AvgIpc) is 2.08. The molecule has 0 saturated carbocycles. The lowest BCUT2D eigenvalue weighted by atomic mass is 10.1. The summed E-state index contributed by atoms with van der Waals surface area (Å²) in [5, 5.41) is 10.1. The molecule has 0 aliphatic carbocycles. The molecule has 3 N–H and O–H groups in total. The Labute approximate surface area is 82.1 Å². The van der Waals surface area contributed by atoms with Crippen molar-refractivity contribution in [3.63, 3.8) is 0 Å². The van der Waals surface area contributed by atoms with Gasteiger partial charge in [-0.05, 0) is 13.0 Å². The molecule has 0 bridgehead atoms. The summed E-state index contributed by atoms with van der Waals surface area (Å²) in [6.45, 7) is 1.77. The molecular weight excluding hydrogens is 190 g/mol. The molecule has 1 atom stereocenters. The molecule has 0 spiro atoms. The van der Waals surface area contributed by atoms with Crippen molar-refractivity contribution in [3.8, 4) is 11.5 Å². The molecule has 3 nitrogen and oxygen atoms in total. The van der Waals surface area contributed by atoms with Crippen LogP contribution in [0, 0.1) is 0 Å². The van der Waals surface area contributed by atoms with E-state index in [4.69, 9.17) is 22.1 Å². The second kappa shape index (κ2) is 3.85. The van der Waals surface area contributed by atoms with Crippen LogP contribution in [0.3, 0.4) is 0 Å². The van der Waals surface area contributed by atoms with Crippen molar-refractivity contribution in [1.82, 2.24) is 0 Å². The molecule has 1 rings (SSSR count). The fourth-order valence-electron chi connectivity index (χ4n) is 1.10. The first-order chi connectivity index (χ1) is 6.06. The SMILES string of the molecule is COc1cc(Cl)cc([C@@H](C)N)c1O. The summed E-state index contributed by atoms with van der Waals surface area (Å²) < 4.78 is 4.93. The molecule has 1 aromatic rings. The second-order valence-electron chi connectivity index (χ2n) is 2.83. The number of phenols is 1. The fourth-order valence-corrected chi connectivity index (χ4v) is 1.31. The predicted molar refractivity (Wildman–Crippen MR) is 52.3 cm³/mol. The van der Waals surface area contributed by atoms with Gasteiger partial charge < -0.3 is 15.6 Å². The lowest BCUT2D eigenvalue weighted by Gasteiger charge is -2.12. The topological polar surface area (TPSA) is 55.5 Å². The van der Waals surface area contributed by atoms with Gasteiger partial charge in [0.15, 0.2) is 11.5 Å². The molecule has 0 fully saturated rings. The maximum Gasteiger partial charge on any atom is 0.162 e. The minimum atomic E-state index is -0.271. The van der Waals surface area contributed by atoms with Gasteiger partial charge in [0.1, 0.15) is 0 Å². The van der Waals surface area contributed by atoms with E-state index in [1.165, 1.54) is 7.11 Å². The van der Waals surface area contributed by atoms with Crippen LogP contribution in [0.15, 0.2) is 12.1 Å². The van der Waals surface area contributed by atoms with Gasteiger partial charge in [0.25, 0.3) is 0 Å². The molecule has 13 heavy (non-hydrogen) atoms. The average molecular weight is 202 g/mol. The van der Waals surface area contributed by atoms with Gasteiger partial charge in [0.2, 0.25) is 0 Å². The molecule has 0 saturated heterocycles. The van der Waals surface area contributed by atoms with Crippen molar-refractivity contribution in [2.75, 3.05) is 7.11 Å². The lowest BCUT2D eigenvalue weighted by Crippen LogP contribution is -2.05. The first kappa shape index (κ1) is 10.2. The zero-order chi connectivity index (χ0) is 10.0. The Hall–Kier alpha value is -0.930. The highest BCUT2D eigenvalue weighted by atomic mass is 35.5. The Kier molecular flexibility index (Phi) is 3.01. The van der Waals surface area contributed by atoms with Gasteiger partial charge in [0, 0.05) is 22.7 Å². The maximum atomic E-state index is 9.62. The van der Waals surface area contributed by atoms with Crippen molar-refractivity contribution in [3.05, 3.63) is 22.7 Å². The van der Waals surface area contributed by atoms with E-state index in [2.05, 4.69) is 0 Å². The van der Waals surface area contributed by atoms with Crippen molar-refractivity contribution in [2.24, 2.45) is 5.73 Å². The van der Waals surface area contributed by atoms with Gasteiger partial charge in [0.05, 0.1) is 7.11 Å². The third-order valence-electron chi connectivity index (χ3n) is 1.78. The highest BCUT2D eigenvalue weighted by Crippen LogP contribution is 2.35. The monoisotopic (exact) mass is 201 g/mol. The van der Waals surface area contributed by atoms with E-state index in [-0.39, 0.29) is 11.8 Å². The van der Waals surface area contributed by atoms with Gasteiger partial charge in [-0.1, -0.05) is 11.6 Å². The highest BCUT2D eigenvalue weighted by Gasteiger charge is 2.12. The van der Waals surface area contributed by atoms with E-state index in [1.54, 1.807) is 19.1 Å². The Morgan fingerprint density at radius 1 is 1.54 bits per heavy atom. The van der Waals surface area contributed by atoms with E-state index in [1.807, 2.05) is 0 Å². The fraction of sp³-hybridized carbons (Fsp3) is 0.333. The number of ether oxygens (including phenoxy) is 1. The van der Waals surface area contributed by atoms with E-state index in [0.717, 1.165) is 0 Å². The van der Waals surface area contributed by atoms with Crippen molar-refractivity contribution in [1.29, 1.82) is 0 Å². The predicted octanol–water partition coefficient (Wildman–Crippen LogP) is 2.07. The van der Waals surface area contributed by atoms with Crippen molar-refractivity contribution in [2.45, 2.75) is 13.0 Å². The van der Waals surface area contributed by atoms with E-state index < -0.39 is 0 Å². The van der Waals surface area contributed by atoms with Gasteiger partial charge in [-0.15, -0.1) is 0 Å². The number of rotatable bonds is 2. The summed E-state index contributed by atoms with van der Waals surface area (Å²) in [6.07, 6.45) is 0. The Morgan fingerprint density at radius 2 is 2.15 bits per heavy atom. The number of hydrogen-bond donors (Lipinski definition) is 2. The molecule has 72 valence electrons. The number of phenolic OH excluding ortho intramolecular Hbond substituents is 1. The van der Waals surface area contributed by atoms with Crippen LogP contribution in [0.4, 0.5) is 0 Å². The second-order valence-corrected chi connectivity index (χ2v) is 3.27. The van der Waals surface area contributed by atoms with Gasteiger partial charge in [-0.25, -0.2) is 0 Å². The van der Waals surface area contributed by atoms with E-state index >= 15 is 0 Å². The molecule has 0 unspecified atom stereocenters. The van der Waals surface area contributed by atoms with Crippen molar-refractivity contribution >= 4 is 11.6 Å². The quantitative estimate of drug-likeness (QED) is 0.770. The summed E-state index contributed by atoms with van der Waals surface area (Å²) in [7, 11) is 1.47. The van der Waals surface area contributed by atoms with Crippen molar-refractivity contribution < 1.29 is 9.84 Å². The molecule has 0 radical (unpaired) electrons. The first-order valence-electron chi connectivity index (χ1n) is 3.88. The molecule has 0 heterocycles. The van der Waals surface area contributed by atoms with Crippen LogP contribution in [-0.2, 0) is 0 Å². The summed E-state index contributed by atoms with van der Waals surface area (Å²) in [4.78, 5) is 0. The summed E-state index contributed by atoms with van der Waals surface area (Å²) in [5.41, 5.74) is 6.22. The van der Waals surface area contributed by atoms with Crippen LogP contribution in [0.25, 0.3) is 0 Å². The minimum absolute atomic E-state index is 0.0573. The third-order valence-corrected chi connectivity index (χ3v) is 2.00. The van der Waals surface area contributed by atoms with Gasteiger partial charge >= 0.3 is 0 Å². The summed E-state index contributed by atoms with van der Waals surface area (Å²) in [6, 6.07) is 2.90. The van der Waals surface area contributed by atoms with Crippen LogP contribution in [-0.4, -0.2) is 12.2 Å². The Balaban J connectivity index is 3.27. The summed E-state index contributed by atoms with van der Waals surface area (Å²) in [5.74, 6) is 0.404. The number of halogens is 1. The molecule has 1 aromatic carbocycles. The third kappa shape index (κ3) is 2.05. The molecule has 0 aromatic heterocycles. The minimum Gasteiger partial charge on any atom is -0.504 e. The molecular formula is C9H12ClNO2. The largest absolute Gasteiger partial charge is 0.504 e. The standard InChI is InChI=1S/C9H12ClNO2/c1-5(11)7-3-6(10)4-8(13-2)9(7)12/h3-5,12H,11H2,1-2H3/t5-/m1/s1. The zero-order valence-electron chi connectivity index (χ0n) is 7.54.